The maximum atomic E-state index is 2.35. The molecule has 10 aromatic rings. The van der Waals surface area contributed by atoms with Crippen LogP contribution in [0.4, 0.5) is 17.1 Å². The molecule has 56 heavy (non-hydrogen) atoms. The van der Waals surface area contributed by atoms with E-state index in [-0.39, 0.29) is 0 Å². The van der Waals surface area contributed by atoms with Crippen LogP contribution in [0, 0.1) is 0 Å². The second-order valence-corrected chi connectivity index (χ2v) is 15.4. The lowest BCUT2D eigenvalue weighted by molar-refractivity contribution is 1.29. The molecule has 1 unspecified atom stereocenters. The summed E-state index contributed by atoms with van der Waals surface area (Å²) >= 11 is 0. The largest absolute Gasteiger partial charge is 0.310 e. The molecule has 0 spiro atoms. The first-order valence-electron chi connectivity index (χ1n) is 19.1. The number of fused-ring (bicyclic) bond motifs is 4. The predicted octanol–water partition coefficient (Wildman–Crippen LogP) is 14.3. The second-order valence-electron chi connectivity index (χ2n) is 14.0. The van der Waals surface area contributed by atoms with Crippen molar-refractivity contribution in [1.29, 1.82) is 0 Å². The van der Waals surface area contributed by atoms with Crippen molar-refractivity contribution in [2.75, 3.05) is 4.90 Å². The Morgan fingerprint density at radius 1 is 0.268 bits per heavy atom. The average Bonchev–Trinajstić information content (AvgIpc) is 3.27. The highest BCUT2D eigenvalue weighted by atomic mass is 31.1. The van der Waals surface area contributed by atoms with Crippen LogP contribution in [-0.2, 0) is 0 Å². The Balaban J connectivity index is 0.000000355. The van der Waals surface area contributed by atoms with Crippen LogP contribution in [0.3, 0.4) is 0 Å². The Labute approximate surface area is 330 Å². The first-order chi connectivity index (χ1) is 27.7. The molecule has 2 heteroatoms. The van der Waals surface area contributed by atoms with Crippen molar-refractivity contribution < 1.29 is 0 Å². The zero-order valence-corrected chi connectivity index (χ0v) is 32.0. The minimum atomic E-state index is 0.643. The molecule has 0 amide bonds. The molecular formula is C54H40NP. The molecule has 0 aromatic heterocycles. The van der Waals surface area contributed by atoms with Crippen LogP contribution in [0.1, 0.15) is 11.1 Å². The molecule has 10 rings (SSSR count). The third-order valence-electron chi connectivity index (χ3n) is 10.2. The van der Waals surface area contributed by atoms with E-state index in [0.29, 0.717) is 8.58 Å². The molecule has 10 aromatic carbocycles. The lowest BCUT2D eigenvalue weighted by Crippen LogP contribution is -2.09. The molecule has 0 fully saturated rings. The van der Waals surface area contributed by atoms with E-state index < -0.39 is 0 Å². The third kappa shape index (κ3) is 8.01. The highest BCUT2D eigenvalue weighted by molar-refractivity contribution is 7.55. The number of hydrogen-bond donors (Lipinski definition) is 0. The van der Waals surface area contributed by atoms with Gasteiger partial charge in [-0.1, -0.05) is 203 Å². The van der Waals surface area contributed by atoms with Crippen LogP contribution in [-0.4, -0.2) is 0 Å². The van der Waals surface area contributed by atoms with Gasteiger partial charge in [0.2, 0.25) is 0 Å². The van der Waals surface area contributed by atoms with Gasteiger partial charge in [-0.25, -0.2) is 0 Å². The van der Waals surface area contributed by atoms with Gasteiger partial charge < -0.3 is 4.90 Å². The highest BCUT2D eigenvalue weighted by Crippen LogP contribution is 2.37. The summed E-state index contributed by atoms with van der Waals surface area (Å²) in [4.78, 5) is 2.35. The molecule has 266 valence electrons. The lowest BCUT2D eigenvalue weighted by Gasteiger charge is -2.26. The van der Waals surface area contributed by atoms with Gasteiger partial charge in [0.15, 0.2) is 0 Å². The lowest BCUT2D eigenvalue weighted by atomic mass is 10.1. The molecule has 1 atom stereocenters. The average molecular weight is 734 g/mol. The summed E-state index contributed by atoms with van der Waals surface area (Å²) in [6.45, 7) is 0. The predicted molar refractivity (Wildman–Crippen MR) is 247 cm³/mol. The van der Waals surface area contributed by atoms with E-state index >= 15 is 0 Å². The molecule has 0 aliphatic rings. The van der Waals surface area contributed by atoms with Crippen molar-refractivity contribution >= 4 is 91.5 Å². The summed E-state index contributed by atoms with van der Waals surface area (Å²) in [5, 5.41) is 12.9. The van der Waals surface area contributed by atoms with Crippen LogP contribution in [0.2, 0.25) is 0 Å². The van der Waals surface area contributed by atoms with Gasteiger partial charge in [-0.2, -0.15) is 0 Å². The van der Waals surface area contributed by atoms with Gasteiger partial charge >= 0.3 is 0 Å². The number of hydrogen-bond acceptors (Lipinski definition) is 1. The quantitative estimate of drug-likeness (QED) is 0.116. The van der Waals surface area contributed by atoms with Gasteiger partial charge in [0.1, 0.15) is 0 Å². The van der Waals surface area contributed by atoms with Gasteiger partial charge in [-0.05, 0) is 107 Å². The molecule has 0 N–H and O–H groups in total. The van der Waals surface area contributed by atoms with Crippen molar-refractivity contribution in [2.45, 2.75) is 0 Å². The van der Waals surface area contributed by atoms with Crippen LogP contribution in [0.15, 0.2) is 224 Å². The summed E-state index contributed by atoms with van der Waals surface area (Å²) in [6, 6.07) is 80.4. The smallest absolute Gasteiger partial charge is 0.0468 e. The normalized spacial score (nSPS) is 11.4. The molecule has 0 heterocycles. The van der Waals surface area contributed by atoms with Crippen LogP contribution in [0.5, 0.6) is 0 Å². The van der Waals surface area contributed by atoms with E-state index in [0.717, 1.165) is 17.1 Å². The summed E-state index contributed by atoms with van der Waals surface area (Å²) in [5.74, 6) is 0. The molecule has 0 bridgehead atoms. The highest BCUT2D eigenvalue weighted by Gasteiger charge is 2.14. The van der Waals surface area contributed by atoms with Gasteiger partial charge in [-0.15, -0.1) is 0 Å². The fourth-order valence-corrected chi connectivity index (χ4v) is 8.31. The van der Waals surface area contributed by atoms with E-state index in [9.17, 15) is 0 Å². The zero-order valence-electron chi connectivity index (χ0n) is 31.0. The van der Waals surface area contributed by atoms with Crippen molar-refractivity contribution in [2.24, 2.45) is 0 Å². The van der Waals surface area contributed by atoms with Crippen LogP contribution < -0.4 is 15.5 Å². The van der Waals surface area contributed by atoms with Crippen molar-refractivity contribution in [3.63, 3.8) is 0 Å². The van der Waals surface area contributed by atoms with Crippen molar-refractivity contribution in [1.82, 2.24) is 0 Å². The van der Waals surface area contributed by atoms with Gasteiger partial charge in [0, 0.05) is 17.1 Å². The molecular weight excluding hydrogens is 694 g/mol. The minimum Gasteiger partial charge on any atom is -0.310 e. The molecule has 1 nitrogen and oxygen atoms in total. The first kappa shape index (κ1) is 34.9. The summed E-state index contributed by atoms with van der Waals surface area (Å²) in [7, 11) is 0.643. The third-order valence-corrected chi connectivity index (χ3v) is 11.4. The summed E-state index contributed by atoms with van der Waals surface area (Å²) in [5.41, 5.74) is 5.78. The standard InChI is InChI=1S/C44H32NP.C10H8/c1-4-10-37-29-41(24-19-34(37)7-1)45(42-25-20-35-8-2-5-11-38(35)30-42)40-22-15-32(16-23-40)13-14-33-17-26-43(27-18-33)46-44-28-21-36-9-3-6-12-39(36)31-44;1-2-6-10-8-4-3-7-9(10)5-1/h1-31,46H;1-8H/b14-13+;. The van der Waals surface area contributed by atoms with E-state index in [1.54, 1.807) is 0 Å². The van der Waals surface area contributed by atoms with Gasteiger partial charge in [0.25, 0.3) is 0 Å². The summed E-state index contributed by atoms with van der Waals surface area (Å²) < 4.78 is 0. The Morgan fingerprint density at radius 3 is 1.04 bits per heavy atom. The fraction of sp³-hybridized carbons (Fsp3) is 0. The number of rotatable bonds is 7. The maximum absolute atomic E-state index is 2.35. The second kappa shape index (κ2) is 16.3. The number of nitrogens with zero attached hydrogens (tertiary/aromatic N) is 1. The first-order valence-corrected chi connectivity index (χ1v) is 20.1. The molecule has 0 aliphatic carbocycles. The van der Waals surface area contributed by atoms with E-state index in [4.69, 9.17) is 0 Å². The fourth-order valence-electron chi connectivity index (χ4n) is 7.25. The topological polar surface area (TPSA) is 3.24 Å². The molecule has 0 saturated heterocycles. The Hall–Kier alpha value is -6.79. The van der Waals surface area contributed by atoms with Gasteiger partial charge in [0.05, 0.1) is 0 Å². The Morgan fingerprint density at radius 2 is 0.589 bits per heavy atom. The maximum Gasteiger partial charge on any atom is 0.0468 e. The Kier molecular flexibility index (Phi) is 10.2. The van der Waals surface area contributed by atoms with E-state index in [2.05, 4.69) is 242 Å². The van der Waals surface area contributed by atoms with Crippen LogP contribution >= 0.6 is 8.58 Å². The number of benzene rings is 10. The molecule has 0 aliphatic heterocycles. The summed E-state index contributed by atoms with van der Waals surface area (Å²) in [6.07, 6.45) is 4.39. The zero-order chi connectivity index (χ0) is 37.5. The minimum absolute atomic E-state index is 0.643. The van der Waals surface area contributed by atoms with Crippen LogP contribution in [0.25, 0.3) is 55.2 Å². The van der Waals surface area contributed by atoms with Gasteiger partial charge in [-0.3, -0.25) is 0 Å². The van der Waals surface area contributed by atoms with Crippen molar-refractivity contribution in [3.8, 4) is 0 Å². The van der Waals surface area contributed by atoms with E-state index in [1.807, 2.05) is 0 Å². The SMILES string of the molecule is C(=C\c1ccc(N(c2ccc3ccccc3c2)c2ccc3ccccc3c2)cc1)/c1ccc(Pc2ccc3ccccc3c2)cc1.c1ccc2ccccc2c1. The van der Waals surface area contributed by atoms with Crippen molar-refractivity contribution in [3.05, 3.63) is 236 Å². The Bertz CT molecular complexity index is 2800. The monoisotopic (exact) mass is 733 g/mol. The molecule has 0 saturated carbocycles. The molecule has 0 radical (unpaired) electrons. The number of anilines is 3. The van der Waals surface area contributed by atoms with E-state index in [1.165, 1.54) is 64.8 Å².